The molecule has 0 aromatic heterocycles. The highest BCUT2D eigenvalue weighted by Gasteiger charge is 2.16. The second kappa shape index (κ2) is 7.04. The Morgan fingerprint density at radius 2 is 1.86 bits per heavy atom. The summed E-state index contributed by atoms with van der Waals surface area (Å²) in [7, 11) is 1.30. The number of nitrogens with one attached hydrogen (secondary N) is 1. The van der Waals surface area contributed by atoms with Gasteiger partial charge in [0.05, 0.1) is 23.9 Å². The largest absolute Gasteiger partial charge is 0.465 e. The van der Waals surface area contributed by atoms with Crippen LogP contribution >= 0.6 is 38.5 Å². The van der Waals surface area contributed by atoms with Crippen molar-refractivity contribution in [2.45, 2.75) is 0 Å². The molecule has 108 valence electrons. The van der Waals surface area contributed by atoms with Gasteiger partial charge in [0.2, 0.25) is 0 Å². The van der Waals surface area contributed by atoms with Gasteiger partial charge in [0.25, 0.3) is 5.91 Å². The third-order valence-electron chi connectivity index (χ3n) is 2.75. The van der Waals surface area contributed by atoms with Gasteiger partial charge in [-0.1, -0.05) is 28.1 Å². The Hall–Kier alpha value is -1.41. The lowest BCUT2D eigenvalue weighted by Crippen LogP contribution is -2.16. The number of amides is 1. The number of anilines is 1. The third-order valence-corrected chi connectivity index (χ3v) is 4.19. The summed E-state index contributed by atoms with van der Waals surface area (Å²) in [6.07, 6.45) is 0. The maximum Gasteiger partial charge on any atom is 0.339 e. The maximum atomic E-state index is 12.4. The van der Waals surface area contributed by atoms with Gasteiger partial charge in [-0.3, -0.25) is 4.79 Å². The van der Waals surface area contributed by atoms with Gasteiger partial charge in [-0.25, -0.2) is 4.79 Å². The monoisotopic (exact) mass is 459 g/mol. The summed E-state index contributed by atoms with van der Waals surface area (Å²) >= 11 is 5.43. The van der Waals surface area contributed by atoms with E-state index in [9.17, 15) is 9.59 Å². The Labute approximate surface area is 144 Å². The third kappa shape index (κ3) is 3.82. The van der Waals surface area contributed by atoms with Crippen molar-refractivity contribution < 1.29 is 14.3 Å². The minimum atomic E-state index is -0.491. The number of hydrogen-bond acceptors (Lipinski definition) is 3. The summed E-state index contributed by atoms with van der Waals surface area (Å²) in [6.45, 7) is 0. The smallest absolute Gasteiger partial charge is 0.339 e. The van der Waals surface area contributed by atoms with Gasteiger partial charge >= 0.3 is 5.97 Å². The van der Waals surface area contributed by atoms with Gasteiger partial charge in [-0.15, -0.1) is 0 Å². The summed E-state index contributed by atoms with van der Waals surface area (Å²) in [5.41, 5.74) is 1.27. The summed E-state index contributed by atoms with van der Waals surface area (Å²) in [4.78, 5) is 24.1. The molecular formula is C15H11BrINO3. The van der Waals surface area contributed by atoms with E-state index < -0.39 is 5.97 Å². The molecule has 6 heteroatoms. The van der Waals surface area contributed by atoms with E-state index in [0.29, 0.717) is 16.8 Å². The quantitative estimate of drug-likeness (QED) is 0.555. The van der Waals surface area contributed by atoms with E-state index in [1.54, 1.807) is 30.3 Å². The first-order chi connectivity index (χ1) is 10.0. The second-order valence-electron chi connectivity index (χ2n) is 4.12. The number of carbonyl (C=O) groups excluding carboxylic acids is 2. The van der Waals surface area contributed by atoms with Gasteiger partial charge < -0.3 is 10.1 Å². The highest BCUT2D eigenvalue weighted by Crippen LogP contribution is 2.21. The Kier molecular flexibility index (Phi) is 5.35. The zero-order valence-electron chi connectivity index (χ0n) is 11.0. The van der Waals surface area contributed by atoms with Gasteiger partial charge in [0.15, 0.2) is 0 Å². The van der Waals surface area contributed by atoms with Crippen LogP contribution in [0.1, 0.15) is 20.7 Å². The number of hydrogen-bond donors (Lipinski definition) is 1. The van der Waals surface area contributed by atoms with Gasteiger partial charge in [-0.2, -0.15) is 0 Å². The number of rotatable bonds is 3. The van der Waals surface area contributed by atoms with Crippen molar-refractivity contribution in [3.8, 4) is 0 Å². The zero-order chi connectivity index (χ0) is 15.4. The summed E-state index contributed by atoms with van der Waals surface area (Å²) in [6, 6.07) is 12.2. The molecule has 0 aliphatic carbocycles. The highest BCUT2D eigenvalue weighted by molar-refractivity contribution is 14.1. The van der Waals surface area contributed by atoms with Crippen LogP contribution in [-0.4, -0.2) is 19.0 Å². The molecule has 0 fully saturated rings. The van der Waals surface area contributed by atoms with Crippen molar-refractivity contribution in [3.63, 3.8) is 0 Å². The van der Waals surface area contributed by atoms with Crippen molar-refractivity contribution in [2.24, 2.45) is 0 Å². The maximum absolute atomic E-state index is 12.4. The number of ether oxygens (including phenoxy) is 1. The lowest BCUT2D eigenvalue weighted by atomic mass is 10.1. The Bertz CT molecular complexity index is 703. The lowest BCUT2D eigenvalue weighted by Gasteiger charge is -2.10. The van der Waals surface area contributed by atoms with Crippen molar-refractivity contribution in [3.05, 3.63) is 61.6 Å². The molecule has 0 spiro atoms. The molecule has 0 aliphatic rings. The van der Waals surface area contributed by atoms with E-state index in [0.717, 1.165) is 8.04 Å². The lowest BCUT2D eigenvalue weighted by molar-refractivity contribution is 0.0602. The van der Waals surface area contributed by atoms with Gasteiger partial charge in [0, 0.05) is 8.04 Å². The first kappa shape index (κ1) is 16.0. The van der Waals surface area contributed by atoms with Crippen molar-refractivity contribution in [2.75, 3.05) is 12.4 Å². The first-order valence-corrected chi connectivity index (χ1v) is 7.84. The van der Waals surface area contributed by atoms with Gasteiger partial charge in [-0.05, 0) is 52.9 Å². The predicted octanol–water partition coefficient (Wildman–Crippen LogP) is 4.09. The first-order valence-electron chi connectivity index (χ1n) is 5.96. The molecular weight excluding hydrogens is 449 g/mol. The molecule has 4 nitrogen and oxygen atoms in total. The van der Waals surface area contributed by atoms with Crippen molar-refractivity contribution in [1.29, 1.82) is 0 Å². The van der Waals surface area contributed by atoms with Crippen LogP contribution in [0, 0.1) is 3.57 Å². The average Bonchev–Trinajstić information content (AvgIpc) is 2.49. The van der Waals surface area contributed by atoms with Crippen LogP contribution in [0.2, 0.25) is 0 Å². The van der Waals surface area contributed by atoms with E-state index in [1.165, 1.54) is 7.11 Å². The Morgan fingerprint density at radius 3 is 2.57 bits per heavy atom. The van der Waals surface area contributed by atoms with Crippen LogP contribution in [0.5, 0.6) is 0 Å². The molecule has 1 amide bonds. The topological polar surface area (TPSA) is 55.4 Å². The SMILES string of the molecule is COC(=O)c1ccccc1NC(=O)c1cc(Br)ccc1I. The standard InChI is InChI=1S/C15H11BrINO3/c1-21-15(20)10-4-2-3-5-13(10)18-14(19)11-8-9(16)6-7-12(11)17/h2-8H,1H3,(H,18,19). The van der Waals surface area contributed by atoms with Gasteiger partial charge in [0.1, 0.15) is 0 Å². The second-order valence-corrected chi connectivity index (χ2v) is 6.19. The number of carbonyl (C=O) groups is 2. The fraction of sp³-hybridized carbons (Fsp3) is 0.0667. The van der Waals surface area contributed by atoms with E-state index >= 15 is 0 Å². The highest BCUT2D eigenvalue weighted by atomic mass is 127. The number of esters is 1. The van der Waals surface area contributed by atoms with E-state index in [1.807, 2.05) is 12.1 Å². The summed E-state index contributed by atoms with van der Waals surface area (Å²) < 4.78 is 6.35. The average molecular weight is 460 g/mol. The minimum absolute atomic E-state index is 0.281. The Morgan fingerprint density at radius 1 is 1.14 bits per heavy atom. The van der Waals surface area contributed by atoms with Crippen LogP contribution in [0.25, 0.3) is 0 Å². The van der Waals surface area contributed by atoms with Crippen LogP contribution < -0.4 is 5.32 Å². The summed E-state index contributed by atoms with van der Waals surface area (Å²) in [5, 5.41) is 2.74. The molecule has 0 aliphatic heterocycles. The predicted molar refractivity (Wildman–Crippen MR) is 92.6 cm³/mol. The van der Waals surface area contributed by atoms with Crippen molar-refractivity contribution in [1.82, 2.24) is 0 Å². The number of halogens is 2. The molecule has 0 saturated carbocycles. The Balaban J connectivity index is 2.32. The van der Waals surface area contributed by atoms with Crippen LogP contribution in [0.3, 0.4) is 0 Å². The molecule has 0 saturated heterocycles. The number of para-hydroxylation sites is 1. The molecule has 0 atom stereocenters. The summed E-state index contributed by atoms with van der Waals surface area (Å²) in [5.74, 6) is -0.771. The normalized spacial score (nSPS) is 10.0. The molecule has 0 unspecified atom stereocenters. The van der Waals surface area contributed by atoms with Crippen molar-refractivity contribution >= 4 is 56.1 Å². The fourth-order valence-electron chi connectivity index (χ4n) is 1.74. The fourth-order valence-corrected chi connectivity index (χ4v) is 2.68. The molecule has 2 rings (SSSR count). The minimum Gasteiger partial charge on any atom is -0.465 e. The van der Waals surface area contributed by atoms with Crippen LogP contribution in [0.15, 0.2) is 46.9 Å². The molecule has 1 N–H and O–H groups in total. The zero-order valence-corrected chi connectivity index (χ0v) is 14.8. The van der Waals surface area contributed by atoms with E-state index in [4.69, 9.17) is 4.74 Å². The van der Waals surface area contributed by atoms with Crippen LogP contribution in [0.4, 0.5) is 5.69 Å². The molecule has 0 bridgehead atoms. The van der Waals surface area contributed by atoms with E-state index in [2.05, 4.69) is 43.8 Å². The number of benzene rings is 2. The van der Waals surface area contributed by atoms with E-state index in [-0.39, 0.29) is 5.91 Å². The molecule has 2 aromatic rings. The molecule has 2 aromatic carbocycles. The van der Waals surface area contributed by atoms with Crippen LogP contribution in [-0.2, 0) is 4.74 Å². The molecule has 0 heterocycles. The number of methoxy groups -OCH3 is 1. The molecule has 21 heavy (non-hydrogen) atoms. The molecule has 0 radical (unpaired) electrons.